The van der Waals surface area contributed by atoms with Crippen LogP contribution < -0.4 is 5.32 Å². The molecule has 0 unspecified atom stereocenters. The number of halogens is 1. The molecule has 32 heavy (non-hydrogen) atoms. The lowest BCUT2D eigenvalue weighted by Crippen LogP contribution is -2.55. The molecule has 1 aromatic carbocycles. The minimum absolute atomic E-state index is 0.150. The number of hydrogen-bond acceptors (Lipinski definition) is 5. The van der Waals surface area contributed by atoms with Crippen LogP contribution in [0.3, 0.4) is 0 Å². The topological polar surface area (TPSA) is 125 Å². The smallest absolute Gasteiger partial charge is 0.335 e. The van der Waals surface area contributed by atoms with Crippen LogP contribution in [0.4, 0.5) is 0 Å². The maximum atomic E-state index is 12.6. The van der Waals surface area contributed by atoms with Crippen LogP contribution in [-0.2, 0) is 16.0 Å². The molecule has 2 amide bonds. The van der Waals surface area contributed by atoms with E-state index in [1.54, 1.807) is 23.1 Å². The lowest BCUT2D eigenvalue weighted by molar-refractivity contribution is -0.130. The number of carbonyl (C=O) groups is 3. The molecule has 1 aliphatic heterocycles. The molecule has 0 radical (unpaired) electrons. The lowest BCUT2D eigenvalue weighted by Gasteiger charge is -2.37. The van der Waals surface area contributed by atoms with Crippen molar-refractivity contribution in [1.29, 1.82) is 0 Å². The van der Waals surface area contributed by atoms with Crippen molar-refractivity contribution in [2.24, 2.45) is 0 Å². The minimum atomic E-state index is -1.00. The number of likely N-dealkylation sites (tertiary alicyclic amines) is 1. The second-order valence-electron chi connectivity index (χ2n) is 7.40. The molecule has 0 aliphatic carbocycles. The maximum Gasteiger partial charge on any atom is 0.335 e. The Balaban J connectivity index is 1.58. The molecule has 10 heteroatoms. The van der Waals surface area contributed by atoms with Gasteiger partial charge in [0.15, 0.2) is 11.0 Å². The summed E-state index contributed by atoms with van der Waals surface area (Å²) in [6.45, 7) is 2.68. The molecule has 2 aromatic rings. The van der Waals surface area contributed by atoms with Crippen LogP contribution in [0.2, 0.25) is 5.15 Å². The van der Waals surface area contributed by atoms with Crippen LogP contribution in [-0.4, -0.2) is 70.1 Å². The molecule has 0 saturated carbocycles. The van der Waals surface area contributed by atoms with E-state index in [0.29, 0.717) is 31.6 Å². The third kappa shape index (κ3) is 5.54. The molecular weight excluding hydrogens is 436 g/mol. The number of methoxy groups -OCH3 is 1. The molecule has 1 saturated heterocycles. The van der Waals surface area contributed by atoms with Crippen molar-refractivity contribution < 1.29 is 24.2 Å². The van der Waals surface area contributed by atoms with Crippen molar-refractivity contribution in [3.63, 3.8) is 0 Å². The number of rotatable bonds is 7. The van der Waals surface area contributed by atoms with Crippen LogP contribution in [0.15, 0.2) is 30.3 Å². The molecule has 2 atom stereocenters. The summed E-state index contributed by atoms with van der Waals surface area (Å²) in [5, 5.41) is 12.1. The van der Waals surface area contributed by atoms with Gasteiger partial charge in [0.25, 0.3) is 5.91 Å². The van der Waals surface area contributed by atoms with Gasteiger partial charge in [0.05, 0.1) is 23.4 Å². The number of aromatic nitrogens is 2. The van der Waals surface area contributed by atoms with Crippen molar-refractivity contribution in [3.8, 4) is 0 Å². The Hall–Kier alpha value is -3.17. The highest BCUT2D eigenvalue weighted by atomic mass is 35.5. The van der Waals surface area contributed by atoms with Gasteiger partial charge in [-0.15, -0.1) is 0 Å². The Morgan fingerprint density at radius 2 is 2.06 bits per heavy atom. The van der Waals surface area contributed by atoms with Gasteiger partial charge < -0.3 is 25.0 Å². The third-order valence-corrected chi connectivity index (χ3v) is 5.68. The molecule has 3 N–H and O–H groups in total. The number of aryl methyl sites for hydroxylation is 1. The first-order valence-corrected chi connectivity index (χ1v) is 10.6. The van der Waals surface area contributed by atoms with E-state index in [1.807, 2.05) is 6.92 Å². The summed E-state index contributed by atoms with van der Waals surface area (Å²) in [4.78, 5) is 44.7. The van der Waals surface area contributed by atoms with E-state index in [1.165, 1.54) is 25.3 Å². The summed E-state index contributed by atoms with van der Waals surface area (Å²) in [6.07, 6.45) is 3.86. The van der Waals surface area contributed by atoms with Gasteiger partial charge in [-0.05, 0) is 36.6 Å². The van der Waals surface area contributed by atoms with Crippen molar-refractivity contribution in [2.75, 3.05) is 20.2 Å². The van der Waals surface area contributed by atoms with Gasteiger partial charge in [0.1, 0.15) is 0 Å². The van der Waals surface area contributed by atoms with E-state index in [9.17, 15) is 14.4 Å². The zero-order chi connectivity index (χ0) is 23.3. The number of imidazole rings is 1. The largest absolute Gasteiger partial charge is 0.478 e. The fourth-order valence-corrected chi connectivity index (χ4v) is 3.76. The van der Waals surface area contributed by atoms with E-state index in [2.05, 4.69) is 15.3 Å². The molecule has 1 aliphatic rings. The van der Waals surface area contributed by atoms with Gasteiger partial charge in [0.2, 0.25) is 5.91 Å². The van der Waals surface area contributed by atoms with Gasteiger partial charge >= 0.3 is 5.97 Å². The maximum absolute atomic E-state index is 12.6. The first-order valence-electron chi connectivity index (χ1n) is 10.2. The zero-order valence-corrected chi connectivity index (χ0v) is 18.6. The van der Waals surface area contributed by atoms with E-state index in [4.69, 9.17) is 21.4 Å². The first kappa shape index (κ1) is 23.5. The first-order chi connectivity index (χ1) is 15.3. The van der Waals surface area contributed by atoms with Gasteiger partial charge in [0, 0.05) is 26.3 Å². The fourth-order valence-electron chi connectivity index (χ4n) is 3.50. The molecule has 9 nitrogen and oxygen atoms in total. The summed E-state index contributed by atoms with van der Waals surface area (Å²) in [6, 6.07) is 5.96. The molecular formula is C22H25ClN4O5. The second-order valence-corrected chi connectivity index (χ2v) is 7.75. The number of hydrogen-bond donors (Lipinski definition) is 3. The molecule has 1 aromatic heterocycles. The van der Waals surface area contributed by atoms with Gasteiger partial charge in [-0.1, -0.05) is 30.7 Å². The monoisotopic (exact) mass is 460 g/mol. The fraction of sp³-hybridized carbons (Fsp3) is 0.364. The number of amides is 2. The lowest BCUT2D eigenvalue weighted by atomic mass is 10.0. The Kier molecular flexibility index (Phi) is 7.66. The standard InChI is InChI=1S/C22H25ClN4O5/c1-3-15-19(23)26-20(24-15)21(29)25-16-10-11-27(12-17(16)32-2)18(28)9-6-13-4-7-14(8-5-13)22(30)31/h4-9,16-17H,3,10-12H2,1-2H3,(H,24,26)(H,25,29)(H,30,31)/b9-6+/t16-,17+/m1/s1. The van der Waals surface area contributed by atoms with E-state index in [-0.39, 0.29) is 40.5 Å². The number of nitrogens with zero attached hydrogens (tertiary/aromatic N) is 2. The number of H-pyrrole nitrogens is 1. The van der Waals surface area contributed by atoms with Gasteiger partial charge in [-0.2, -0.15) is 0 Å². The minimum Gasteiger partial charge on any atom is -0.478 e. The normalized spacial score (nSPS) is 18.7. The summed E-state index contributed by atoms with van der Waals surface area (Å²) in [7, 11) is 1.54. The third-order valence-electron chi connectivity index (χ3n) is 5.36. The van der Waals surface area contributed by atoms with Crippen molar-refractivity contribution in [3.05, 3.63) is 58.1 Å². The van der Waals surface area contributed by atoms with Crippen molar-refractivity contribution in [2.45, 2.75) is 31.9 Å². The highest BCUT2D eigenvalue weighted by Gasteiger charge is 2.32. The molecule has 170 valence electrons. The number of aromatic carboxylic acids is 1. The number of carboxylic acids is 1. The number of aromatic amines is 1. The molecule has 1 fully saturated rings. The second kappa shape index (κ2) is 10.4. The van der Waals surface area contributed by atoms with Crippen LogP contribution in [0.25, 0.3) is 6.08 Å². The number of carbonyl (C=O) groups excluding carboxylic acids is 2. The predicted octanol–water partition coefficient (Wildman–Crippen LogP) is 2.38. The Bertz CT molecular complexity index is 1020. The summed E-state index contributed by atoms with van der Waals surface area (Å²) < 4.78 is 5.52. The highest BCUT2D eigenvalue weighted by Crippen LogP contribution is 2.17. The Labute approximate surface area is 190 Å². The number of benzene rings is 1. The quantitative estimate of drug-likeness (QED) is 0.545. The van der Waals surface area contributed by atoms with E-state index < -0.39 is 5.97 Å². The summed E-state index contributed by atoms with van der Waals surface area (Å²) in [5.41, 5.74) is 1.60. The molecule has 3 rings (SSSR count). The van der Waals surface area contributed by atoms with Crippen molar-refractivity contribution in [1.82, 2.24) is 20.2 Å². The number of nitrogens with one attached hydrogen (secondary N) is 2. The highest BCUT2D eigenvalue weighted by molar-refractivity contribution is 6.30. The number of piperidine rings is 1. The molecule has 0 bridgehead atoms. The SMILES string of the molecule is CCc1[nH]c(C(=O)N[C@@H]2CCN(C(=O)/C=C/c3ccc(C(=O)O)cc3)C[C@@H]2OC)nc1Cl. The molecule has 2 heterocycles. The average molecular weight is 461 g/mol. The number of ether oxygens (including phenoxy) is 1. The predicted molar refractivity (Wildman–Crippen MR) is 119 cm³/mol. The average Bonchev–Trinajstić information content (AvgIpc) is 3.18. The van der Waals surface area contributed by atoms with Crippen molar-refractivity contribution >= 4 is 35.5 Å². The van der Waals surface area contributed by atoms with Gasteiger partial charge in [-0.3, -0.25) is 9.59 Å². The summed E-state index contributed by atoms with van der Waals surface area (Å²) >= 11 is 6.01. The molecule has 0 spiro atoms. The number of carboxylic acid groups (broad SMARTS) is 1. The van der Waals surface area contributed by atoms with Crippen LogP contribution in [0.1, 0.15) is 45.6 Å². The van der Waals surface area contributed by atoms with Crippen LogP contribution in [0, 0.1) is 0 Å². The zero-order valence-electron chi connectivity index (χ0n) is 17.8. The van der Waals surface area contributed by atoms with E-state index >= 15 is 0 Å². The van der Waals surface area contributed by atoms with Crippen LogP contribution >= 0.6 is 11.6 Å². The Morgan fingerprint density at radius 3 is 2.66 bits per heavy atom. The summed E-state index contributed by atoms with van der Waals surface area (Å²) in [5.74, 6) is -1.41. The van der Waals surface area contributed by atoms with Gasteiger partial charge in [-0.25, -0.2) is 9.78 Å². The Morgan fingerprint density at radius 1 is 1.34 bits per heavy atom. The van der Waals surface area contributed by atoms with Crippen LogP contribution in [0.5, 0.6) is 0 Å². The van der Waals surface area contributed by atoms with E-state index in [0.717, 1.165) is 5.56 Å².